The highest BCUT2D eigenvalue weighted by Crippen LogP contribution is 2.23. The van der Waals surface area contributed by atoms with Crippen molar-refractivity contribution >= 4 is 5.82 Å². The lowest BCUT2D eigenvalue weighted by molar-refractivity contribution is 0.502. The molecule has 2 aromatic heterocycles. The molecule has 5 N–H and O–H groups in total. The summed E-state index contributed by atoms with van der Waals surface area (Å²) in [6, 6.07) is 5.69. The van der Waals surface area contributed by atoms with Gasteiger partial charge in [0.05, 0.1) is 12.3 Å². The third-order valence-electron chi connectivity index (χ3n) is 2.83. The third kappa shape index (κ3) is 2.46. The van der Waals surface area contributed by atoms with Crippen LogP contribution in [0.25, 0.3) is 0 Å². The molecule has 0 aliphatic rings. The van der Waals surface area contributed by atoms with Crippen LogP contribution in [0, 0.1) is 6.92 Å². The fourth-order valence-corrected chi connectivity index (χ4v) is 1.86. The molecule has 17 heavy (non-hydrogen) atoms. The Balaban J connectivity index is 2.22. The van der Waals surface area contributed by atoms with Crippen molar-refractivity contribution in [3.05, 3.63) is 47.5 Å². The van der Waals surface area contributed by atoms with E-state index in [9.17, 15) is 0 Å². The zero-order valence-electron chi connectivity index (χ0n) is 9.68. The Bertz CT molecular complexity index is 495. The number of aryl methyl sites for hydroxylation is 1. The van der Waals surface area contributed by atoms with Crippen LogP contribution in [-0.2, 0) is 6.42 Å². The second kappa shape index (κ2) is 4.99. The van der Waals surface area contributed by atoms with Gasteiger partial charge in [-0.3, -0.25) is 11.3 Å². The summed E-state index contributed by atoms with van der Waals surface area (Å²) in [4.78, 5) is 4.06. The minimum absolute atomic E-state index is 0.0275. The molecule has 0 aromatic carbocycles. The molecular formula is C12H16N4O. The predicted molar refractivity (Wildman–Crippen MR) is 65.9 cm³/mol. The molecule has 0 aliphatic heterocycles. The molecule has 0 amide bonds. The second-order valence-electron chi connectivity index (χ2n) is 3.90. The maximum Gasteiger partial charge on any atom is 0.126 e. The van der Waals surface area contributed by atoms with Gasteiger partial charge in [-0.25, -0.2) is 4.98 Å². The first-order valence-electron chi connectivity index (χ1n) is 5.42. The largest absolute Gasteiger partial charge is 0.469 e. The van der Waals surface area contributed by atoms with Crippen molar-refractivity contribution in [2.24, 2.45) is 5.84 Å². The number of anilines is 1. The van der Waals surface area contributed by atoms with Gasteiger partial charge in [-0.05, 0) is 31.0 Å². The Labute approximate surface area is 99.8 Å². The molecule has 1 unspecified atom stereocenters. The predicted octanol–water partition coefficient (Wildman–Crippen LogP) is 1.31. The van der Waals surface area contributed by atoms with Crippen molar-refractivity contribution in [3.8, 4) is 0 Å². The first-order chi connectivity index (χ1) is 8.22. The molecule has 5 nitrogen and oxygen atoms in total. The van der Waals surface area contributed by atoms with Crippen molar-refractivity contribution in [2.45, 2.75) is 19.4 Å². The van der Waals surface area contributed by atoms with Crippen LogP contribution < -0.4 is 17.0 Å². The lowest BCUT2D eigenvalue weighted by Crippen LogP contribution is -2.30. The number of rotatable bonds is 4. The highest BCUT2D eigenvalue weighted by Gasteiger charge is 2.16. The Morgan fingerprint density at radius 2 is 2.29 bits per heavy atom. The van der Waals surface area contributed by atoms with Gasteiger partial charge in [0.1, 0.15) is 11.6 Å². The zero-order valence-corrected chi connectivity index (χ0v) is 9.68. The van der Waals surface area contributed by atoms with Crippen LogP contribution in [0.2, 0.25) is 0 Å². The maximum absolute atomic E-state index is 5.81. The molecule has 0 fully saturated rings. The monoisotopic (exact) mass is 232 g/mol. The number of nitrogen functional groups attached to an aromatic ring is 1. The summed E-state index contributed by atoms with van der Waals surface area (Å²) in [5.74, 6) is 6.97. The normalized spacial score (nSPS) is 12.6. The van der Waals surface area contributed by atoms with Gasteiger partial charge in [-0.15, -0.1) is 0 Å². The maximum atomic E-state index is 5.81. The zero-order chi connectivity index (χ0) is 12.3. The van der Waals surface area contributed by atoms with Gasteiger partial charge < -0.3 is 10.2 Å². The molecule has 2 rings (SSSR count). The number of furan rings is 1. The lowest BCUT2D eigenvalue weighted by atomic mass is 10.0. The van der Waals surface area contributed by atoms with Gasteiger partial charge in [-0.1, -0.05) is 6.07 Å². The van der Waals surface area contributed by atoms with Crippen molar-refractivity contribution in [3.63, 3.8) is 0 Å². The van der Waals surface area contributed by atoms with E-state index in [1.165, 1.54) is 0 Å². The summed E-state index contributed by atoms with van der Waals surface area (Å²) < 4.78 is 5.27. The number of nitrogens with one attached hydrogen (secondary N) is 1. The first-order valence-corrected chi connectivity index (χ1v) is 5.42. The number of hydrogen-bond donors (Lipinski definition) is 3. The van der Waals surface area contributed by atoms with E-state index in [1.54, 1.807) is 12.5 Å². The Kier molecular flexibility index (Phi) is 3.41. The van der Waals surface area contributed by atoms with E-state index in [0.29, 0.717) is 12.2 Å². The Hall–Kier alpha value is -1.85. The standard InChI is InChI=1S/C12H16N4O/c1-8-10(4-6-17-8)11(16-14)7-9-3-2-5-15-12(9)13/h2-6,11,16H,7,14H2,1H3,(H2,13,15). The van der Waals surface area contributed by atoms with Crippen LogP contribution in [0.4, 0.5) is 5.82 Å². The summed E-state index contributed by atoms with van der Waals surface area (Å²) in [5, 5.41) is 0. The fourth-order valence-electron chi connectivity index (χ4n) is 1.86. The molecule has 1 atom stereocenters. The minimum Gasteiger partial charge on any atom is -0.469 e. The van der Waals surface area contributed by atoms with Gasteiger partial charge in [0.25, 0.3) is 0 Å². The third-order valence-corrected chi connectivity index (χ3v) is 2.83. The quantitative estimate of drug-likeness (QED) is 0.546. The van der Waals surface area contributed by atoms with Crippen LogP contribution in [0.5, 0.6) is 0 Å². The summed E-state index contributed by atoms with van der Waals surface area (Å²) in [6.45, 7) is 1.91. The molecule has 5 heteroatoms. The highest BCUT2D eigenvalue weighted by molar-refractivity contribution is 5.40. The Morgan fingerprint density at radius 1 is 1.47 bits per heavy atom. The number of nitrogens with zero attached hydrogens (tertiary/aromatic N) is 1. The molecule has 0 radical (unpaired) electrons. The van der Waals surface area contributed by atoms with Crippen LogP contribution >= 0.6 is 0 Å². The van der Waals surface area contributed by atoms with E-state index in [0.717, 1.165) is 16.9 Å². The minimum atomic E-state index is -0.0275. The van der Waals surface area contributed by atoms with Gasteiger partial charge in [0.2, 0.25) is 0 Å². The molecule has 2 aromatic rings. The SMILES string of the molecule is Cc1occc1C(Cc1cccnc1N)NN. The van der Waals surface area contributed by atoms with E-state index < -0.39 is 0 Å². The smallest absolute Gasteiger partial charge is 0.126 e. The molecule has 0 saturated heterocycles. The van der Waals surface area contributed by atoms with Gasteiger partial charge >= 0.3 is 0 Å². The van der Waals surface area contributed by atoms with Crippen molar-refractivity contribution in [1.29, 1.82) is 0 Å². The summed E-state index contributed by atoms with van der Waals surface area (Å²) in [6.07, 6.45) is 4.00. The van der Waals surface area contributed by atoms with Crippen LogP contribution in [0.1, 0.15) is 22.9 Å². The van der Waals surface area contributed by atoms with Gasteiger partial charge in [-0.2, -0.15) is 0 Å². The highest BCUT2D eigenvalue weighted by atomic mass is 16.3. The van der Waals surface area contributed by atoms with E-state index in [2.05, 4.69) is 10.4 Å². The molecule has 0 saturated carbocycles. The number of nitrogens with two attached hydrogens (primary N) is 2. The number of hydrogen-bond acceptors (Lipinski definition) is 5. The van der Waals surface area contributed by atoms with Crippen LogP contribution in [0.3, 0.4) is 0 Å². The molecule has 0 aliphatic carbocycles. The molecule has 90 valence electrons. The van der Waals surface area contributed by atoms with E-state index in [-0.39, 0.29) is 6.04 Å². The number of aromatic nitrogens is 1. The van der Waals surface area contributed by atoms with E-state index >= 15 is 0 Å². The number of hydrazine groups is 1. The lowest BCUT2D eigenvalue weighted by Gasteiger charge is -2.16. The van der Waals surface area contributed by atoms with Gasteiger partial charge in [0.15, 0.2) is 0 Å². The second-order valence-corrected chi connectivity index (χ2v) is 3.90. The van der Waals surface area contributed by atoms with Crippen molar-refractivity contribution < 1.29 is 4.42 Å². The average molecular weight is 232 g/mol. The Morgan fingerprint density at radius 3 is 2.88 bits per heavy atom. The number of pyridine rings is 1. The fraction of sp³-hybridized carbons (Fsp3) is 0.250. The molecule has 0 spiro atoms. The summed E-state index contributed by atoms with van der Waals surface area (Å²) in [5.41, 5.74) is 10.6. The molecule has 2 heterocycles. The average Bonchev–Trinajstić information content (AvgIpc) is 2.75. The molecule has 0 bridgehead atoms. The topological polar surface area (TPSA) is 90.1 Å². The van der Waals surface area contributed by atoms with Crippen molar-refractivity contribution in [1.82, 2.24) is 10.4 Å². The summed E-state index contributed by atoms with van der Waals surface area (Å²) in [7, 11) is 0. The first kappa shape index (κ1) is 11.6. The summed E-state index contributed by atoms with van der Waals surface area (Å²) >= 11 is 0. The molecular weight excluding hydrogens is 216 g/mol. The van der Waals surface area contributed by atoms with Crippen LogP contribution in [0.15, 0.2) is 35.1 Å². The van der Waals surface area contributed by atoms with E-state index in [1.807, 2.05) is 25.1 Å². The van der Waals surface area contributed by atoms with Crippen LogP contribution in [-0.4, -0.2) is 4.98 Å². The van der Waals surface area contributed by atoms with Crippen molar-refractivity contribution in [2.75, 3.05) is 5.73 Å². The van der Waals surface area contributed by atoms with Gasteiger partial charge in [0, 0.05) is 11.8 Å². The van der Waals surface area contributed by atoms with E-state index in [4.69, 9.17) is 16.0 Å².